The van der Waals surface area contributed by atoms with Gasteiger partial charge in [-0.05, 0) is 6.92 Å². The maximum atomic E-state index is 12.4. The SMILES string of the molecule is Cc1nc(OC(F)(F)F)c([N+](=O)[O-])cc1CF. The van der Waals surface area contributed by atoms with Gasteiger partial charge in [0, 0.05) is 17.3 Å². The quantitative estimate of drug-likeness (QED) is 0.472. The minimum Gasteiger partial charge on any atom is -0.381 e. The van der Waals surface area contributed by atoms with Crippen LogP contribution in [0.25, 0.3) is 0 Å². The molecule has 0 amide bonds. The Balaban J connectivity index is 3.28. The molecule has 0 bridgehead atoms. The Kier molecular flexibility index (Phi) is 3.49. The highest BCUT2D eigenvalue weighted by molar-refractivity contribution is 5.45. The third-order valence-corrected chi connectivity index (χ3v) is 1.82. The number of pyridine rings is 1. The van der Waals surface area contributed by atoms with E-state index in [9.17, 15) is 27.7 Å². The Hall–Kier alpha value is -1.93. The second kappa shape index (κ2) is 4.52. The van der Waals surface area contributed by atoms with Crippen LogP contribution < -0.4 is 4.74 Å². The lowest BCUT2D eigenvalue weighted by molar-refractivity contribution is -0.389. The van der Waals surface area contributed by atoms with Gasteiger partial charge in [-0.25, -0.2) is 9.37 Å². The van der Waals surface area contributed by atoms with Crippen molar-refractivity contribution in [1.29, 1.82) is 0 Å². The van der Waals surface area contributed by atoms with Crippen LogP contribution in [0.15, 0.2) is 6.07 Å². The van der Waals surface area contributed by atoms with E-state index in [-0.39, 0.29) is 11.3 Å². The molecule has 0 atom stereocenters. The van der Waals surface area contributed by atoms with Crippen molar-refractivity contribution in [3.05, 3.63) is 27.4 Å². The highest BCUT2D eigenvalue weighted by atomic mass is 19.4. The number of aryl methyl sites for hydroxylation is 1. The fourth-order valence-electron chi connectivity index (χ4n) is 1.06. The predicted octanol–water partition coefficient (Wildman–Crippen LogP) is 2.67. The van der Waals surface area contributed by atoms with Crippen molar-refractivity contribution in [3.8, 4) is 5.88 Å². The first-order valence-corrected chi connectivity index (χ1v) is 4.21. The Morgan fingerprint density at radius 3 is 2.53 bits per heavy atom. The second-order valence-electron chi connectivity index (χ2n) is 3.00. The first-order chi connectivity index (χ1) is 7.74. The number of alkyl halides is 4. The van der Waals surface area contributed by atoms with Crippen LogP contribution in [0.1, 0.15) is 11.3 Å². The minimum atomic E-state index is -5.10. The maximum Gasteiger partial charge on any atom is 0.574 e. The summed E-state index contributed by atoms with van der Waals surface area (Å²) in [5.41, 5.74) is -1.29. The fraction of sp³-hybridized carbons (Fsp3) is 0.375. The molecular formula is C8H6F4N2O3. The second-order valence-corrected chi connectivity index (χ2v) is 3.00. The minimum absolute atomic E-state index is 0.0997. The highest BCUT2D eigenvalue weighted by Gasteiger charge is 2.35. The van der Waals surface area contributed by atoms with Gasteiger partial charge in [-0.15, -0.1) is 13.2 Å². The van der Waals surface area contributed by atoms with Gasteiger partial charge in [0.2, 0.25) is 0 Å². The molecule has 0 unspecified atom stereocenters. The van der Waals surface area contributed by atoms with Crippen molar-refractivity contribution in [2.24, 2.45) is 0 Å². The zero-order valence-electron chi connectivity index (χ0n) is 8.42. The number of hydrogen-bond acceptors (Lipinski definition) is 4. The van der Waals surface area contributed by atoms with Crippen molar-refractivity contribution >= 4 is 5.69 Å². The molecule has 9 heteroatoms. The van der Waals surface area contributed by atoms with E-state index in [1.807, 2.05) is 0 Å². The van der Waals surface area contributed by atoms with Gasteiger partial charge in [0.05, 0.1) is 4.92 Å². The number of nitrogens with zero attached hydrogens (tertiary/aromatic N) is 2. The molecule has 0 spiro atoms. The van der Waals surface area contributed by atoms with Crippen LogP contribution in [-0.4, -0.2) is 16.3 Å². The van der Waals surface area contributed by atoms with Gasteiger partial charge in [0.15, 0.2) is 0 Å². The molecule has 5 nitrogen and oxygen atoms in total. The summed E-state index contributed by atoms with van der Waals surface area (Å²) in [6.45, 7) is 0.161. The topological polar surface area (TPSA) is 65.3 Å². The molecule has 1 aromatic heterocycles. The summed E-state index contributed by atoms with van der Waals surface area (Å²) >= 11 is 0. The molecule has 0 aliphatic heterocycles. The Morgan fingerprint density at radius 1 is 1.53 bits per heavy atom. The summed E-state index contributed by atoms with van der Waals surface area (Å²) in [6.07, 6.45) is -5.10. The molecule has 0 fully saturated rings. The van der Waals surface area contributed by atoms with Gasteiger partial charge in [-0.2, -0.15) is 0 Å². The van der Waals surface area contributed by atoms with Crippen molar-refractivity contribution in [2.45, 2.75) is 20.0 Å². The summed E-state index contributed by atoms with van der Waals surface area (Å²) in [5, 5.41) is 10.5. The third kappa shape index (κ3) is 3.26. The van der Waals surface area contributed by atoms with Crippen molar-refractivity contribution in [1.82, 2.24) is 4.98 Å². The number of rotatable bonds is 3. The van der Waals surface area contributed by atoms with E-state index in [2.05, 4.69) is 9.72 Å². The normalized spacial score (nSPS) is 11.4. The molecule has 0 saturated carbocycles. The predicted molar refractivity (Wildman–Crippen MR) is 47.1 cm³/mol. The van der Waals surface area contributed by atoms with Crippen LogP contribution in [0, 0.1) is 17.0 Å². The van der Waals surface area contributed by atoms with Gasteiger partial charge in [-0.3, -0.25) is 10.1 Å². The summed E-state index contributed by atoms with van der Waals surface area (Å²) in [4.78, 5) is 12.6. The highest BCUT2D eigenvalue weighted by Crippen LogP contribution is 2.31. The lowest BCUT2D eigenvalue weighted by Gasteiger charge is -2.09. The van der Waals surface area contributed by atoms with E-state index in [1.165, 1.54) is 6.92 Å². The molecule has 1 rings (SSSR count). The van der Waals surface area contributed by atoms with Gasteiger partial charge in [0.1, 0.15) is 6.67 Å². The van der Waals surface area contributed by atoms with E-state index in [0.717, 1.165) is 0 Å². The number of aromatic nitrogens is 1. The van der Waals surface area contributed by atoms with E-state index in [4.69, 9.17) is 0 Å². The van der Waals surface area contributed by atoms with E-state index in [1.54, 1.807) is 0 Å². The largest absolute Gasteiger partial charge is 0.574 e. The zero-order chi connectivity index (χ0) is 13.2. The van der Waals surface area contributed by atoms with Gasteiger partial charge in [0.25, 0.3) is 0 Å². The van der Waals surface area contributed by atoms with E-state index in [0.29, 0.717) is 6.07 Å². The summed E-state index contributed by atoms with van der Waals surface area (Å²) in [6, 6.07) is 0.670. The molecule has 0 aromatic carbocycles. The van der Waals surface area contributed by atoms with Gasteiger partial charge < -0.3 is 4.74 Å². The number of halogens is 4. The van der Waals surface area contributed by atoms with E-state index >= 15 is 0 Å². The first-order valence-electron chi connectivity index (χ1n) is 4.21. The smallest absolute Gasteiger partial charge is 0.381 e. The van der Waals surface area contributed by atoms with Crippen molar-refractivity contribution < 1.29 is 27.2 Å². The third-order valence-electron chi connectivity index (χ3n) is 1.82. The van der Waals surface area contributed by atoms with Crippen LogP contribution in [0.4, 0.5) is 23.2 Å². The summed E-state index contributed by atoms with van der Waals surface area (Å²) in [7, 11) is 0. The monoisotopic (exact) mass is 254 g/mol. The molecule has 0 N–H and O–H groups in total. The summed E-state index contributed by atoms with van der Waals surface area (Å²) < 4.78 is 51.6. The molecule has 0 aliphatic carbocycles. The van der Waals surface area contributed by atoms with Gasteiger partial charge >= 0.3 is 17.9 Å². The zero-order valence-corrected chi connectivity index (χ0v) is 8.42. The van der Waals surface area contributed by atoms with Gasteiger partial charge in [-0.1, -0.05) is 0 Å². The molecule has 17 heavy (non-hydrogen) atoms. The van der Waals surface area contributed by atoms with Crippen LogP contribution in [0.3, 0.4) is 0 Å². The summed E-state index contributed by atoms with van der Waals surface area (Å²) in [5.74, 6) is -1.20. The molecule has 0 radical (unpaired) electrons. The van der Waals surface area contributed by atoms with Crippen molar-refractivity contribution in [2.75, 3.05) is 0 Å². The first kappa shape index (κ1) is 13.1. The average Bonchev–Trinajstić information content (AvgIpc) is 2.14. The molecule has 94 valence electrons. The van der Waals surface area contributed by atoms with E-state index < -0.39 is 29.5 Å². The molecule has 0 aliphatic rings. The Labute approximate surface area is 92.2 Å². The van der Waals surface area contributed by atoms with Crippen LogP contribution in [0.5, 0.6) is 5.88 Å². The number of ether oxygens (including phenoxy) is 1. The molecule has 0 saturated heterocycles. The van der Waals surface area contributed by atoms with Crippen LogP contribution in [0.2, 0.25) is 0 Å². The molecule has 1 aromatic rings. The lowest BCUT2D eigenvalue weighted by Crippen LogP contribution is -2.19. The fourth-order valence-corrected chi connectivity index (χ4v) is 1.06. The Bertz CT molecular complexity index is 447. The molecular weight excluding hydrogens is 248 g/mol. The molecule has 1 heterocycles. The average molecular weight is 254 g/mol. The maximum absolute atomic E-state index is 12.4. The standard InChI is InChI=1S/C8H6F4N2O3/c1-4-5(3-9)2-6(14(15)16)7(13-4)17-8(10,11)12/h2H,3H2,1H3. The van der Waals surface area contributed by atoms with Crippen LogP contribution >= 0.6 is 0 Å². The van der Waals surface area contributed by atoms with Crippen molar-refractivity contribution in [3.63, 3.8) is 0 Å². The van der Waals surface area contributed by atoms with Crippen LogP contribution in [-0.2, 0) is 6.67 Å². The lowest BCUT2D eigenvalue weighted by atomic mass is 10.2. The Morgan fingerprint density at radius 2 is 2.12 bits per heavy atom. The number of nitro groups is 1. The number of hydrogen-bond donors (Lipinski definition) is 0.